The van der Waals surface area contributed by atoms with Gasteiger partial charge in [-0.2, -0.15) is 0 Å². The first-order valence-corrected chi connectivity index (χ1v) is 6.91. The van der Waals surface area contributed by atoms with Crippen LogP contribution in [0.15, 0.2) is 54.7 Å². The molecule has 0 saturated carbocycles. The molecule has 1 heterocycles. The Hall–Kier alpha value is -2.75. The predicted molar refractivity (Wildman–Crippen MR) is 87.0 cm³/mol. The molecule has 0 spiro atoms. The summed E-state index contributed by atoms with van der Waals surface area (Å²) in [5.41, 5.74) is 9.66. The predicted octanol–water partition coefficient (Wildman–Crippen LogP) is 3.96. The van der Waals surface area contributed by atoms with Crippen LogP contribution in [0.4, 0.5) is 17.1 Å². The van der Waals surface area contributed by atoms with E-state index in [9.17, 15) is 0 Å². The standard InChI is InChI=1S/C17H17N3O/c1-2-21-13-7-5-12(6-8-13)20-16-10-9-15-14(17(16)18)4-3-11-19-15/h3-11,20H,2,18H2,1H3. The average molecular weight is 279 g/mol. The monoisotopic (exact) mass is 279 g/mol. The van der Waals surface area contributed by atoms with Gasteiger partial charge in [0.25, 0.3) is 0 Å². The van der Waals surface area contributed by atoms with Gasteiger partial charge in [-0.3, -0.25) is 4.98 Å². The molecule has 0 aliphatic heterocycles. The third-order valence-corrected chi connectivity index (χ3v) is 3.27. The number of ether oxygens (including phenoxy) is 1. The molecule has 0 fully saturated rings. The molecule has 0 radical (unpaired) electrons. The summed E-state index contributed by atoms with van der Waals surface area (Å²) in [7, 11) is 0. The number of benzene rings is 2. The zero-order valence-corrected chi connectivity index (χ0v) is 11.8. The minimum Gasteiger partial charge on any atom is -0.494 e. The molecule has 0 aliphatic carbocycles. The van der Waals surface area contributed by atoms with E-state index >= 15 is 0 Å². The summed E-state index contributed by atoms with van der Waals surface area (Å²) in [5, 5.41) is 4.28. The fourth-order valence-electron chi connectivity index (χ4n) is 2.24. The highest BCUT2D eigenvalue weighted by molar-refractivity contribution is 5.97. The molecule has 2 aromatic carbocycles. The fraction of sp³-hybridized carbons (Fsp3) is 0.118. The Bertz CT molecular complexity index is 754. The summed E-state index contributed by atoms with van der Waals surface area (Å²) in [6.45, 7) is 2.63. The van der Waals surface area contributed by atoms with Gasteiger partial charge in [-0.1, -0.05) is 0 Å². The van der Waals surface area contributed by atoms with Gasteiger partial charge in [0.15, 0.2) is 0 Å². The van der Waals surface area contributed by atoms with Crippen molar-refractivity contribution in [3.8, 4) is 5.75 Å². The van der Waals surface area contributed by atoms with Gasteiger partial charge < -0.3 is 15.8 Å². The maximum absolute atomic E-state index is 6.22. The van der Waals surface area contributed by atoms with Gasteiger partial charge in [-0.15, -0.1) is 0 Å². The molecular weight excluding hydrogens is 262 g/mol. The SMILES string of the molecule is CCOc1ccc(Nc2ccc3ncccc3c2N)cc1. The molecule has 1 aromatic heterocycles. The van der Waals surface area contributed by atoms with Crippen LogP contribution < -0.4 is 15.8 Å². The van der Waals surface area contributed by atoms with Crippen LogP contribution in [-0.4, -0.2) is 11.6 Å². The van der Waals surface area contributed by atoms with Crippen LogP contribution in [0.3, 0.4) is 0 Å². The molecule has 4 heteroatoms. The highest BCUT2D eigenvalue weighted by atomic mass is 16.5. The number of anilines is 3. The van der Waals surface area contributed by atoms with Crippen LogP contribution in [0, 0.1) is 0 Å². The number of hydrogen-bond acceptors (Lipinski definition) is 4. The first-order chi connectivity index (χ1) is 10.3. The fourth-order valence-corrected chi connectivity index (χ4v) is 2.24. The van der Waals surface area contributed by atoms with E-state index in [1.54, 1.807) is 6.20 Å². The van der Waals surface area contributed by atoms with Crippen LogP contribution >= 0.6 is 0 Å². The van der Waals surface area contributed by atoms with Crippen LogP contribution in [0.5, 0.6) is 5.75 Å². The van der Waals surface area contributed by atoms with Crippen LogP contribution in [-0.2, 0) is 0 Å². The zero-order valence-electron chi connectivity index (χ0n) is 11.8. The number of hydrogen-bond donors (Lipinski definition) is 2. The number of rotatable bonds is 4. The number of nitrogens with zero attached hydrogens (tertiary/aromatic N) is 1. The van der Waals surface area contributed by atoms with Gasteiger partial charge in [0.2, 0.25) is 0 Å². The maximum Gasteiger partial charge on any atom is 0.119 e. The van der Waals surface area contributed by atoms with Crippen molar-refractivity contribution < 1.29 is 4.74 Å². The minimum absolute atomic E-state index is 0.664. The summed E-state index contributed by atoms with van der Waals surface area (Å²) in [6.07, 6.45) is 1.77. The van der Waals surface area contributed by atoms with Crippen molar-refractivity contribution in [3.63, 3.8) is 0 Å². The number of pyridine rings is 1. The molecule has 3 rings (SSSR count). The van der Waals surface area contributed by atoms with Crippen molar-refractivity contribution in [3.05, 3.63) is 54.7 Å². The molecule has 4 nitrogen and oxygen atoms in total. The smallest absolute Gasteiger partial charge is 0.119 e. The summed E-state index contributed by atoms with van der Waals surface area (Å²) in [5.74, 6) is 0.860. The minimum atomic E-state index is 0.664. The second kappa shape index (κ2) is 5.71. The highest BCUT2D eigenvalue weighted by Crippen LogP contribution is 2.30. The normalized spacial score (nSPS) is 10.5. The molecule has 0 aliphatic rings. The van der Waals surface area contributed by atoms with Gasteiger partial charge in [0.05, 0.1) is 23.5 Å². The Labute approximate surface area is 123 Å². The molecule has 3 N–H and O–H groups in total. The third kappa shape index (κ3) is 2.74. The van der Waals surface area contributed by atoms with Gasteiger partial charge >= 0.3 is 0 Å². The van der Waals surface area contributed by atoms with E-state index in [-0.39, 0.29) is 0 Å². The molecule has 3 aromatic rings. The Morgan fingerprint density at radius 3 is 2.67 bits per heavy atom. The molecule has 106 valence electrons. The van der Waals surface area contributed by atoms with E-state index in [1.807, 2.05) is 55.5 Å². The lowest BCUT2D eigenvalue weighted by Gasteiger charge is -2.12. The quantitative estimate of drug-likeness (QED) is 0.710. The Balaban J connectivity index is 1.89. The summed E-state index contributed by atoms with van der Waals surface area (Å²) < 4.78 is 5.43. The molecule has 0 saturated heterocycles. The lowest BCUT2D eigenvalue weighted by molar-refractivity contribution is 0.340. The van der Waals surface area contributed by atoms with Crippen molar-refractivity contribution in [1.29, 1.82) is 0 Å². The van der Waals surface area contributed by atoms with E-state index in [4.69, 9.17) is 10.5 Å². The molecule has 21 heavy (non-hydrogen) atoms. The Kier molecular flexibility index (Phi) is 3.60. The van der Waals surface area contributed by atoms with Crippen LogP contribution in [0.2, 0.25) is 0 Å². The van der Waals surface area contributed by atoms with Gasteiger partial charge in [0.1, 0.15) is 5.75 Å². The van der Waals surface area contributed by atoms with Crippen LogP contribution in [0.25, 0.3) is 10.9 Å². The van der Waals surface area contributed by atoms with Gasteiger partial charge in [-0.05, 0) is 55.5 Å². The summed E-state index contributed by atoms with van der Waals surface area (Å²) >= 11 is 0. The molecule has 0 bridgehead atoms. The van der Waals surface area contributed by atoms with Crippen molar-refractivity contribution in [2.75, 3.05) is 17.7 Å². The maximum atomic E-state index is 6.22. The number of aromatic nitrogens is 1. The third-order valence-electron chi connectivity index (χ3n) is 3.27. The average Bonchev–Trinajstić information content (AvgIpc) is 2.52. The molecule has 0 amide bonds. The molecular formula is C17H17N3O. The van der Waals surface area contributed by atoms with Gasteiger partial charge in [0, 0.05) is 17.3 Å². The van der Waals surface area contributed by atoms with Crippen molar-refractivity contribution in [2.24, 2.45) is 0 Å². The second-order valence-electron chi connectivity index (χ2n) is 4.68. The van der Waals surface area contributed by atoms with E-state index in [0.29, 0.717) is 12.3 Å². The summed E-state index contributed by atoms with van der Waals surface area (Å²) in [4.78, 5) is 4.30. The molecule has 0 atom stereocenters. The van der Waals surface area contributed by atoms with Crippen molar-refractivity contribution in [1.82, 2.24) is 4.98 Å². The number of fused-ring (bicyclic) bond motifs is 1. The van der Waals surface area contributed by atoms with E-state index < -0.39 is 0 Å². The van der Waals surface area contributed by atoms with Gasteiger partial charge in [-0.25, -0.2) is 0 Å². The largest absolute Gasteiger partial charge is 0.494 e. The van der Waals surface area contributed by atoms with E-state index in [2.05, 4.69) is 10.3 Å². The van der Waals surface area contributed by atoms with Crippen molar-refractivity contribution in [2.45, 2.75) is 6.92 Å². The Morgan fingerprint density at radius 1 is 1.10 bits per heavy atom. The number of nitrogen functional groups attached to an aromatic ring is 1. The van der Waals surface area contributed by atoms with E-state index in [1.165, 1.54) is 0 Å². The van der Waals surface area contributed by atoms with Crippen molar-refractivity contribution >= 4 is 28.0 Å². The first-order valence-electron chi connectivity index (χ1n) is 6.91. The molecule has 0 unspecified atom stereocenters. The highest BCUT2D eigenvalue weighted by Gasteiger charge is 2.05. The lowest BCUT2D eigenvalue weighted by Crippen LogP contribution is -1.98. The summed E-state index contributed by atoms with van der Waals surface area (Å²) in [6, 6.07) is 15.6. The number of nitrogens with two attached hydrogens (primary N) is 1. The zero-order chi connectivity index (χ0) is 14.7. The first kappa shape index (κ1) is 13.2. The topological polar surface area (TPSA) is 60.2 Å². The van der Waals surface area contributed by atoms with E-state index in [0.717, 1.165) is 28.0 Å². The second-order valence-corrected chi connectivity index (χ2v) is 4.68. The lowest BCUT2D eigenvalue weighted by atomic mass is 10.1. The van der Waals surface area contributed by atoms with Crippen LogP contribution in [0.1, 0.15) is 6.92 Å². The Morgan fingerprint density at radius 2 is 1.90 bits per heavy atom. The number of nitrogens with one attached hydrogen (secondary N) is 1.